The van der Waals surface area contributed by atoms with Crippen molar-refractivity contribution < 1.29 is 14.5 Å². The number of anilines is 1. The van der Waals surface area contributed by atoms with Crippen molar-refractivity contribution in [1.82, 2.24) is 4.98 Å². The minimum atomic E-state index is -0.426. The van der Waals surface area contributed by atoms with Crippen molar-refractivity contribution in [3.8, 4) is 5.75 Å². The molecule has 0 bridgehead atoms. The fourth-order valence-corrected chi connectivity index (χ4v) is 2.52. The molecule has 25 heavy (non-hydrogen) atoms. The highest BCUT2D eigenvalue weighted by Crippen LogP contribution is 2.28. The van der Waals surface area contributed by atoms with Crippen molar-refractivity contribution >= 4 is 28.2 Å². The third-order valence-corrected chi connectivity index (χ3v) is 3.63. The van der Waals surface area contributed by atoms with Crippen molar-refractivity contribution in [2.45, 2.75) is 13.5 Å². The molecule has 0 atom stereocenters. The minimum Gasteiger partial charge on any atom is -0.489 e. The Morgan fingerprint density at radius 1 is 1.20 bits per heavy atom. The lowest BCUT2D eigenvalue weighted by molar-refractivity contribution is -0.385. The van der Waals surface area contributed by atoms with E-state index in [1.54, 1.807) is 48.7 Å². The van der Waals surface area contributed by atoms with Gasteiger partial charge in [-0.05, 0) is 36.4 Å². The van der Waals surface area contributed by atoms with Gasteiger partial charge in [-0.15, -0.1) is 0 Å². The number of carbonyl (C=O) groups is 1. The summed E-state index contributed by atoms with van der Waals surface area (Å²) in [5.41, 5.74) is 1.80. The van der Waals surface area contributed by atoms with Gasteiger partial charge < -0.3 is 10.1 Å². The molecule has 0 aliphatic heterocycles. The van der Waals surface area contributed by atoms with Gasteiger partial charge >= 0.3 is 0 Å². The maximum Gasteiger partial charge on any atom is 0.276 e. The van der Waals surface area contributed by atoms with E-state index in [2.05, 4.69) is 10.3 Å². The van der Waals surface area contributed by atoms with Crippen LogP contribution in [-0.4, -0.2) is 15.8 Å². The van der Waals surface area contributed by atoms with Gasteiger partial charge in [-0.1, -0.05) is 6.07 Å². The highest BCUT2D eigenvalue weighted by molar-refractivity contribution is 5.88. The largest absolute Gasteiger partial charge is 0.489 e. The van der Waals surface area contributed by atoms with Crippen LogP contribution in [0.5, 0.6) is 5.75 Å². The zero-order valence-electron chi connectivity index (χ0n) is 13.4. The second-order valence-electron chi connectivity index (χ2n) is 5.38. The zero-order chi connectivity index (χ0) is 17.8. The second-order valence-corrected chi connectivity index (χ2v) is 5.38. The molecular weight excluding hydrogens is 322 g/mol. The predicted molar refractivity (Wildman–Crippen MR) is 93.5 cm³/mol. The second kappa shape index (κ2) is 6.96. The molecule has 0 unspecified atom stereocenters. The average Bonchev–Trinajstić information content (AvgIpc) is 2.60. The number of amides is 1. The molecular formula is C18H15N3O4. The predicted octanol–water partition coefficient (Wildman–Crippen LogP) is 3.68. The van der Waals surface area contributed by atoms with Crippen molar-refractivity contribution in [2.75, 3.05) is 5.32 Å². The first-order valence-electron chi connectivity index (χ1n) is 7.56. The summed E-state index contributed by atoms with van der Waals surface area (Å²) in [7, 11) is 0. The number of rotatable bonds is 5. The summed E-state index contributed by atoms with van der Waals surface area (Å²) in [4.78, 5) is 26.1. The summed E-state index contributed by atoms with van der Waals surface area (Å²) >= 11 is 0. The Labute approximate surface area is 143 Å². The normalized spacial score (nSPS) is 10.4. The number of ether oxygens (including phenoxy) is 1. The Hall–Kier alpha value is -3.48. The van der Waals surface area contributed by atoms with E-state index < -0.39 is 4.92 Å². The van der Waals surface area contributed by atoms with Crippen LogP contribution in [0.4, 0.5) is 11.4 Å². The van der Waals surface area contributed by atoms with E-state index in [9.17, 15) is 14.9 Å². The Bertz CT molecular complexity index is 939. The van der Waals surface area contributed by atoms with Crippen LogP contribution in [0.1, 0.15) is 12.5 Å². The van der Waals surface area contributed by atoms with E-state index in [0.29, 0.717) is 27.9 Å². The highest BCUT2D eigenvalue weighted by atomic mass is 16.6. The SMILES string of the molecule is CC(=O)Nc1ccc(OCc2c([N+](=O)[O-])ccc3ncccc23)cc1. The Kier molecular flexibility index (Phi) is 4.56. The Morgan fingerprint density at radius 2 is 1.96 bits per heavy atom. The number of carbonyl (C=O) groups excluding carboxylic acids is 1. The number of aromatic nitrogens is 1. The molecule has 1 aromatic heterocycles. The van der Waals surface area contributed by atoms with E-state index in [-0.39, 0.29) is 18.2 Å². The Morgan fingerprint density at radius 3 is 2.64 bits per heavy atom. The number of pyridine rings is 1. The van der Waals surface area contributed by atoms with Gasteiger partial charge in [0.2, 0.25) is 5.91 Å². The molecule has 1 N–H and O–H groups in total. The lowest BCUT2D eigenvalue weighted by Crippen LogP contribution is -2.05. The number of benzene rings is 2. The summed E-state index contributed by atoms with van der Waals surface area (Å²) in [5, 5.41) is 14.7. The minimum absolute atomic E-state index is 0.00429. The van der Waals surface area contributed by atoms with Gasteiger partial charge in [0, 0.05) is 30.3 Å². The summed E-state index contributed by atoms with van der Waals surface area (Å²) in [6.45, 7) is 1.47. The van der Waals surface area contributed by atoms with Gasteiger partial charge in [0.15, 0.2) is 0 Å². The van der Waals surface area contributed by atoms with Gasteiger partial charge in [0.25, 0.3) is 5.69 Å². The van der Waals surface area contributed by atoms with E-state index in [1.165, 1.54) is 13.0 Å². The van der Waals surface area contributed by atoms with Crippen LogP contribution in [0.3, 0.4) is 0 Å². The van der Waals surface area contributed by atoms with E-state index >= 15 is 0 Å². The fraction of sp³-hybridized carbons (Fsp3) is 0.111. The monoisotopic (exact) mass is 337 g/mol. The van der Waals surface area contributed by atoms with Gasteiger partial charge in [-0.2, -0.15) is 0 Å². The zero-order valence-corrected chi connectivity index (χ0v) is 13.4. The molecule has 0 saturated carbocycles. The molecule has 0 saturated heterocycles. The topological polar surface area (TPSA) is 94.4 Å². The van der Waals surface area contributed by atoms with Gasteiger partial charge in [-0.25, -0.2) is 0 Å². The standard InChI is InChI=1S/C18H15N3O4/c1-12(22)20-13-4-6-14(7-5-13)25-11-16-15-3-2-10-19-17(15)8-9-18(16)21(23)24/h2-10H,11H2,1H3,(H,20,22). The van der Waals surface area contributed by atoms with Crippen molar-refractivity contribution in [3.63, 3.8) is 0 Å². The molecule has 2 aromatic carbocycles. The summed E-state index contributed by atoms with van der Waals surface area (Å²) in [5.74, 6) is 0.386. The number of nitrogens with zero attached hydrogens (tertiary/aromatic N) is 2. The third kappa shape index (κ3) is 3.72. The van der Waals surface area contributed by atoms with Crippen molar-refractivity contribution in [2.24, 2.45) is 0 Å². The van der Waals surface area contributed by atoms with Gasteiger partial charge in [0.1, 0.15) is 12.4 Å². The molecule has 0 aliphatic carbocycles. The van der Waals surface area contributed by atoms with E-state index in [4.69, 9.17) is 4.74 Å². The van der Waals surface area contributed by atoms with Gasteiger partial charge in [-0.3, -0.25) is 19.9 Å². The first kappa shape index (κ1) is 16.4. The molecule has 7 nitrogen and oxygen atoms in total. The van der Waals surface area contributed by atoms with Crippen LogP contribution in [-0.2, 0) is 11.4 Å². The third-order valence-electron chi connectivity index (χ3n) is 3.63. The smallest absolute Gasteiger partial charge is 0.276 e. The molecule has 126 valence electrons. The quantitative estimate of drug-likeness (QED) is 0.566. The van der Waals surface area contributed by atoms with Crippen LogP contribution < -0.4 is 10.1 Å². The highest BCUT2D eigenvalue weighted by Gasteiger charge is 2.17. The molecule has 0 fully saturated rings. The molecule has 0 spiro atoms. The molecule has 0 aliphatic rings. The number of nitro groups is 1. The van der Waals surface area contributed by atoms with Crippen LogP contribution in [0.2, 0.25) is 0 Å². The molecule has 1 amide bonds. The summed E-state index contributed by atoms with van der Waals surface area (Å²) in [6, 6.07) is 13.4. The van der Waals surface area contributed by atoms with Crippen LogP contribution in [0.25, 0.3) is 10.9 Å². The fourth-order valence-electron chi connectivity index (χ4n) is 2.52. The maximum absolute atomic E-state index is 11.3. The molecule has 3 aromatic rings. The number of nitrogens with one attached hydrogen (secondary N) is 1. The van der Waals surface area contributed by atoms with Crippen molar-refractivity contribution in [3.05, 3.63) is 70.4 Å². The first-order chi connectivity index (χ1) is 12.0. The number of hydrogen-bond donors (Lipinski definition) is 1. The van der Waals surface area contributed by atoms with Gasteiger partial charge in [0.05, 0.1) is 16.0 Å². The van der Waals surface area contributed by atoms with E-state index in [1.807, 2.05) is 0 Å². The molecule has 0 radical (unpaired) electrons. The van der Waals surface area contributed by atoms with Crippen LogP contribution >= 0.6 is 0 Å². The number of hydrogen-bond acceptors (Lipinski definition) is 5. The maximum atomic E-state index is 11.3. The van der Waals surface area contributed by atoms with Crippen LogP contribution in [0, 0.1) is 10.1 Å². The summed E-state index contributed by atoms with van der Waals surface area (Å²) < 4.78 is 5.71. The van der Waals surface area contributed by atoms with Crippen molar-refractivity contribution in [1.29, 1.82) is 0 Å². The number of fused-ring (bicyclic) bond motifs is 1. The molecule has 7 heteroatoms. The lowest BCUT2D eigenvalue weighted by Gasteiger charge is -2.10. The van der Waals surface area contributed by atoms with Crippen LogP contribution in [0.15, 0.2) is 54.7 Å². The molecule has 1 heterocycles. The number of nitro benzene ring substituents is 1. The van der Waals surface area contributed by atoms with E-state index in [0.717, 1.165) is 0 Å². The lowest BCUT2D eigenvalue weighted by atomic mass is 10.1. The molecule has 3 rings (SSSR count). The Balaban J connectivity index is 1.86. The first-order valence-corrected chi connectivity index (χ1v) is 7.56. The summed E-state index contributed by atoms with van der Waals surface area (Å²) in [6.07, 6.45) is 1.64. The average molecular weight is 337 g/mol.